The Kier molecular flexibility index (Phi) is 4.51. The van der Waals surface area contributed by atoms with E-state index in [1.165, 1.54) is 83.0 Å². The molecule has 0 radical (unpaired) electrons. The average molecular weight is 406 g/mol. The van der Waals surface area contributed by atoms with E-state index >= 15 is 0 Å². The van der Waals surface area contributed by atoms with Gasteiger partial charge in [-0.1, -0.05) is 43.7 Å². The van der Waals surface area contributed by atoms with Gasteiger partial charge in [0.05, 0.1) is 0 Å². The summed E-state index contributed by atoms with van der Waals surface area (Å²) in [4.78, 5) is 16.8. The minimum Gasteiger partial charge on any atom is -0.303 e. The SMILES string of the molecule is CCC[C@@]12CC3CC(C(=O)C[C@@H]4CN5CCC4CC5)(C1)C[C@](c1ccccc1)(C3)C2. The summed E-state index contributed by atoms with van der Waals surface area (Å²) >= 11 is 0. The summed E-state index contributed by atoms with van der Waals surface area (Å²) < 4.78 is 0. The molecule has 6 bridgehead atoms. The number of ketones is 1. The van der Waals surface area contributed by atoms with Gasteiger partial charge >= 0.3 is 0 Å². The molecule has 5 atom stereocenters. The number of piperidine rings is 3. The van der Waals surface area contributed by atoms with Crippen LogP contribution in [0.5, 0.6) is 0 Å². The molecule has 0 spiro atoms. The second-order valence-corrected chi connectivity index (χ2v) is 12.2. The van der Waals surface area contributed by atoms with Gasteiger partial charge in [-0.15, -0.1) is 0 Å². The van der Waals surface area contributed by atoms with Gasteiger partial charge in [-0.25, -0.2) is 0 Å². The van der Waals surface area contributed by atoms with Gasteiger partial charge < -0.3 is 4.90 Å². The third-order valence-electron chi connectivity index (χ3n) is 10.2. The van der Waals surface area contributed by atoms with Crippen molar-refractivity contribution in [3.05, 3.63) is 35.9 Å². The zero-order valence-corrected chi connectivity index (χ0v) is 18.9. The molecule has 162 valence electrons. The molecule has 3 heterocycles. The maximum Gasteiger partial charge on any atom is 0.139 e. The van der Waals surface area contributed by atoms with E-state index in [0.717, 1.165) is 24.7 Å². The van der Waals surface area contributed by atoms with Gasteiger partial charge in [0.15, 0.2) is 0 Å². The van der Waals surface area contributed by atoms with Crippen LogP contribution in [-0.2, 0) is 10.2 Å². The normalized spacial score (nSPS) is 46.3. The summed E-state index contributed by atoms with van der Waals surface area (Å²) in [7, 11) is 0. The van der Waals surface area contributed by atoms with Gasteiger partial charge in [0.25, 0.3) is 0 Å². The first kappa shape index (κ1) is 19.5. The molecule has 4 aliphatic carbocycles. The number of rotatable bonds is 6. The molecule has 2 heteroatoms. The van der Waals surface area contributed by atoms with Gasteiger partial charge in [0.2, 0.25) is 0 Å². The standard InChI is InChI=1S/C28H39NO/c1-2-10-26-14-21-15-27(18-26,24-6-4-3-5-7-24)20-28(16-21,19-26)25(30)13-23-17-29-11-8-22(23)9-12-29/h3-7,21-23H,2,8-20H2,1H3/t21?,23-,26+,27+,28?/m1/s1. The smallest absolute Gasteiger partial charge is 0.139 e. The zero-order chi connectivity index (χ0) is 20.4. The van der Waals surface area contributed by atoms with Crippen LogP contribution in [0.2, 0.25) is 0 Å². The summed E-state index contributed by atoms with van der Waals surface area (Å²) in [5.41, 5.74) is 2.21. The lowest BCUT2D eigenvalue weighted by Crippen LogP contribution is -2.61. The molecular weight excluding hydrogens is 366 g/mol. The summed E-state index contributed by atoms with van der Waals surface area (Å²) in [5, 5.41) is 0. The van der Waals surface area contributed by atoms with E-state index in [1.807, 2.05) is 0 Å². The van der Waals surface area contributed by atoms with Gasteiger partial charge in [-0.05, 0) is 105 Å². The highest BCUT2D eigenvalue weighted by Gasteiger charge is 2.65. The van der Waals surface area contributed by atoms with Gasteiger partial charge in [-0.3, -0.25) is 4.79 Å². The quantitative estimate of drug-likeness (QED) is 0.579. The van der Waals surface area contributed by atoms with Crippen molar-refractivity contribution in [2.75, 3.05) is 19.6 Å². The number of hydrogen-bond donors (Lipinski definition) is 0. The fourth-order valence-corrected chi connectivity index (χ4v) is 9.65. The van der Waals surface area contributed by atoms with Crippen molar-refractivity contribution in [2.24, 2.45) is 28.6 Å². The van der Waals surface area contributed by atoms with E-state index in [2.05, 4.69) is 42.2 Å². The van der Waals surface area contributed by atoms with E-state index in [0.29, 0.717) is 17.1 Å². The molecule has 3 aliphatic heterocycles. The third-order valence-corrected chi connectivity index (χ3v) is 10.2. The Balaban J connectivity index is 1.33. The average Bonchev–Trinajstić information content (AvgIpc) is 2.74. The predicted molar refractivity (Wildman–Crippen MR) is 121 cm³/mol. The van der Waals surface area contributed by atoms with Crippen LogP contribution in [0.25, 0.3) is 0 Å². The maximum atomic E-state index is 14.1. The summed E-state index contributed by atoms with van der Waals surface area (Å²) in [6.07, 6.45) is 13.8. The Morgan fingerprint density at radius 2 is 1.83 bits per heavy atom. The van der Waals surface area contributed by atoms with Crippen LogP contribution in [0.4, 0.5) is 0 Å². The Bertz CT molecular complexity index is 811. The van der Waals surface area contributed by atoms with Crippen molar-refractivity contribution in [3.63, 3.8) is 0 Å². The summed E-state index contributed by atoms with van der Waals surface area (Å²) in [5.74, 6) is 2.90. The van der Waals surface area contributed by atoms with Crippen LogP contribution in [-0.4, -0.2) is 30.3 Å². The molecule has 7 fully saturated rings. The number of nitrogens with zero attached hydrogens (tertiary/aromatic N) is 1. The Morgan fingerprint density at radius 3 is 2.53 bits per heavy atom. The highest BCUT2D eigenvalue weighted by molar-refractivity contribution is 5.86. The lowest BCUT2D eigenvalue weighted by atomic mass is 9.37. The van der Waals surface area contributed by atoms with E-state index < -0.39 is 0 Å². The molecule has 30 heavy (non-hydrogen) atoms. The number of hydrogen-bond acceptors (Lipinski definition) is 2. The number of carbonyl (C=O) groups is 1. The van der Waals surface area contributed by atoms with E-state index in [4.69, 9.17) is 0 Å². The summed E-state index contributed by atoms with van der Waals surface area (Å²) in [6.45, 7) is 6.11. The number of benzene rings is 1. The zero-order valence-electron chi connectivity index (χ0n) is 18.9. The van der Waals surface area contributed by atoms with Crippen molar-refractivity contribution < 1.29 is 4.79 Å². The molecule has 4 saturated carbocycles. The van der Waals surface area contributed by atoms with Crippen LogP contribution in [0, 0.1) is 28.6 Å². The van der Waals surface area contributed by atoms with Crippen LogP contribution in [0.1, 0.15) is 83.1 Å². The van der Waals surface area contributed by atoms with Gasteiger partial charge in [0, 0.05) is 18.4 Å². The number of carbonyl (C=O) groups excluding carboxylic acids is 1. The van der Waals surface area contributed by atoms with Crippen molar-refractivity contribution in [1.82, 2.24) is 4.90 Å². The molecule has 0 N–H and O–H groups in total. The van der Waals surface area contributed by atoms with Crippen molar-refractivity contribution >= 4 is 5.78 Å². The molecular formula is C28H39NO. The molecule has 1 aromatic carbocycles. The second-order valence-electron chi connectivity index (χ2n) is 12.2. The fraction of sp³-hybridized carbons (Fsp3) is 0.750. The molecule has 1 aromatic rings. The monoisotopic (exact) mass is 405 g/mol. The highest BCUT2D eigenvalue weighted by atomic mass is 16.1. The van der Waals surface area contributed by atoms with Crippen molar-refractivity contribution in [1.29, 1.82) is 0 Å². The lowest BCUT2D eigenvalue weighted by Gasteiger charge is -2.67. The first-order valence-electron chi connectivity index (χ1n) is 12.9. The number of Topliss-reactive ketones (excluding diaryl/α,β-unsaturated/α-hetero) is 1. The van der Waals surface area contributed by atoms with Crippen LogP contribution >= 0.6 is 0 Å². The largest absolute Gasteiger partial charge is 0.303 e. The first-order valence-corrected chi connectivity index (χ1v) is 12.9. The van der Waals surface area contributed by atoms with Crippen molar-refractivity contribution in [3.8, 4) is 0 Å². The molecule has 7 aliphatic rings. The van der Waals surface area contributed by atoms with Crippen LogP contribution in [0.3, 0.4) is 0 Å². The van der Waals surface area contributed by atoms with Crippen LogP contribution < -0.4 is 0 Å². The van der Waals surface area contributed by atoms with E-state index in [1.54, 1.807) is 0 Å². The van der Waals surface area contributed by atoms with E-state index in [-0.39, 0.29) is 10.8 Å². The topological polar surface area (TPSA) is 20.3 Å². The molecule has 0 aromatic heterocycles. The summed E-state index contributed by atoms with van der Waals surface area (Å²) in [6, 6.07) is 11.3. The number of fused-ring (bicyclic) bond motifs is 3. The Hall–Kier alpha value is -1.15. The van der Waals surface area contributed by atoms with E-state index in [9.17, 15) is 4.79 Å². The van der Waals surface area contributed by atoms with Crippen molar-refractivity contribution in [2.45, 2.75) is 83.0 Å². The molecule has 0 amide bonds. The third kappa shape index (κ3) is 2.96. The minimum absolute atomic E-state index is 0.0174. The molecule has 2 nitrogen and oxygen atoms in total. The lowest BCUT2D eigenvalue weighted by molar-refractivity contribution is -0.163. The maximum absolute atomic E-state index is 14.1. The fourth-order valence-electron chi connectivity index (χ4n) is 9.65. The molecule has 3 saturated heterocycles. The molecule has 2 unspecified atom stereocenters. The second kappa shape index (κ2) is 6.92. The predicted octanol–water partition coefficient (Wildman–Crippen LogP) is 6.00. The Labute approximate surface area is 182 Å². The minimum atomic E-state index is -0.0174. The Morgan fingerprint density at radius 1 is 1.03 bits per heavy atom. The van der Waals surface area contributed by atoms with Crippen LogP contribution in [0.15, 0.2) is 30.3 Å². The first-order chi connectivity index (χ1) is 14.5. The van der Waals surface area contributed by atoms with Gasteiger partial charge in [-0.2, -0.15) is 0 Å². The molecule has 8 rings (SSSR count). The van der Waals surface area contributed by atoms with Gasteiger partial charge in [0.1, 0.15) is 5.78 Å². The highest BCUT2D eigenvalue weighted by Crippen LogP contribution is 2.71.